The molecule has 2 N–H and O–H groups in total. The van der Waals surface area contributed by atoms with E-state index in [-0.39, 0.29) is 12.5 Å². The van der Waals surface area contributed by atoms with E-state index in [0.717, 1.165) is 49.0 Å². The lowest BCUT2D eigenvalue weighted by Gasteiger charge is -2.37. The van der Waals surface area contributed by atoms with Crippen LogP contribution in [0.25, 0.3) is 32.3 Å². The fourth-order valence-corrected chi connectivity index (χ4v) is 8.67. The highest BCUT2D eigenvalue weighted by Crippen LogP contribution is 2.44. The maximum atomic E-state index is 14.8. The predicted octanol–water partition coefficient (Wildman–Crippen LogP) is 6.86. The topological polar surface area (TPSA) is 132 Å². The summed E-state index contributed by atoms with van der Waals surface area (Å²) in [6.45, 7) is -0.181. The zero-order valence-corrected chi connectivity index (χ0v) is 32.6. The highest BCUT2D eigenvalue weighted by atomic mass is 16.6. The zero-order valence-electron chi connectivity index (χ0n) is 32.6. The summed E-state index contributed by atoms with van der Waals surface area (Å²) in [4.78, 5) is 44.1. The van der Waals surface area contributed by atoms with Crippen molar-refractivity contribution in [3.05, 3.63) is 189 Å². The highest BCUT2D eigenvalue weighted by Gasteiger charge is 2.50. The number of rotatable bonds is 11. The van der Waals surface area contributed by atoms with E-state index in [9.17, 15) is 19.5 Å². The molecule has 1 aromatic heterocycles. The third-order valence-electron chi connectivity index (χ3n) is 11.6. The van der Waals surface area contributed by atoms with Crippen LogP contribution in [0.15, 0.2) is 155 Å². The number of H-pyrrole nitrogens is 1. The summed E-state index contributed by atoms with van der Waals surface area (Å²) in [6, 6.07) is 42.9. The van der Waals surface area contributed by atoms with Gasteiger partial charge in [0.1, 0.15) is 35.3 Å². The number of aromatic nitrogens is 2. The van der Waals surface area contributed by atoms with Crippen molar-refractivity contribution in [1.29, 1.82) is 0 Å². The molecule has 7 aromatic carbocycles. The van der Waals surface area contributed by atoms with E-state index < -0.39 is 41.3 Å². The summed E-state index contributed by atoms with van der Waals surface area (Å²) in [5.41, 5.74) is 0.191. The van der Waals surface area contributed by atoms with E-state index in [1.54, 1.807) is 27.3 Å². The van der Waals surface area contributed by atoms with Gasteiger partial charge in [0.2, 0.25) is 0 Å². The van der Waals surface area contributed by atoms with Gasteiger partial charge in [0, 0.05) is 24.9 Å². The normalized spacial score (nSPS) is 18.1. The number of aliphatic hydroxyl groups is 1. The van der Waals surface area contributed by atoms with E-state index >= 15 is 0 Å². The molecule has 8 aromatic rings. The number of methoxy groups -OCH3 is 2. The minimum Gasteiger partial charge on any atom is -0.497 e. The maximum Gasteiger partial charge on any atom is 0.330 e. The number of aliphatic hydroxyl groups excluding tert-OH is 1. The quantitative estimate of drug-likeness (QED) is 0.107. The number of ether oxygens (including phenoxy) is 4. The van der Waals surface area contributed by atoms with Crippen molar-refractivity contribution in [2.45, 2.75) is 30.1 Å². The van der Waals surface area contributed by atoms with Crippen LogP contribution in [0.2, 0.25) is 0 Å². The Labute approximate surface area is 338 Å². The molecule has 0 aliphatic carbocycles. The summed E-state index contributed by atoms with van der Waals surface area (Å²) in [5, 5.41) is 18.3. The van der Waals surface area contributed by atoms with Gasteiger partial charge < -0.3 is 29.0 Å². The number of amides is 1. The Bertz CT molecular complexity index is 2850. The number of nitrogens with one attached hydrogen (secondary N) is 1. The van der Waals surface area contributed by atoms with Gasteiger partial charge in [-0.2, -0.15) is 0 Å². The first-order valence-electron chi connectivity index (χ1n) is 19.3. The van der Waals surface area contributed by atoms with Crippen LogP contribution in [0.4, 0.5) is 0 Å². The van der Waals surface area contributed by atoms with Gasteiger partial charge in [-0.25, -0.2) is 4.79 Å². The van der Waals surface area contributed by atoms with Gasteiger partial charge in [0.05, 0.1) is 20.8 Å². The zero-order chi connectivity index (χ0) is 40.8. The monoisotopic (exact) mass is 787 g/mol. The van der Waals surface area contributed by atoms with Crippen molar-refractivity contribution in [3.8, 4) is 11.5 Å². The van der Waals surface area contributed by atoms with Crippen LogP contribution in [0, 0.1) is 0 Å². The molecule has 4 unspecified atom stereocenters. The average Bonchev–Trinajstić information content (AvgIpc) is 3.60. The van der Waals surface area contributed by atoms with Gasteiger partial charge in [0.15, 0.2) is 6.23 Å². The lowest BCUT2D eigenvalue weighted by molar-refractivity contribution is -0.0949. The summed E-state index contributed by atoms with van der Waals surface area (Å²) in [7, 11) is 4.79. The number of likely N-dealkylation sites (N-methyl/N-ethyl adjacent to an activating group) is 1. The fraction of sp³-hybridized carbons (Fsp3) is 0.188. The van der Waals surface area contributed by atoms with Gasteiger partial charge in [0.25, 0.3) is 11.5 Å². The molecule has 1 aliphatic heterocycles. The van der Waals surface area contributed by atoms with Crippen molar-refractivity contribution >= 4 is 38.2 Å². The van der Waals surface area contributed by atoms with Gasteiger partial charge in [-0.05, 0) is 79.3 Å². The molecule has 296 valence electrons. The Morgan fingerprint density at radius 3 is 1.92 bits per heavy atom. The van der Waals surface area contributed by atoms with Gasteiger partial charge in [-0.3, -0.25) is 19.1 Å². The maximum absolute atomic E-state index is 14.8. The minimum atomic E-state index is -1.35. The molecule has 0 spiro atoms. The Balaban J connectivity index is 1.12. The summed E-state index contributed by atoms with van der Waals surface area (Å²) in [5.74, 6) is 0.943. The number of benzene rings is 7. The van der Waals surface area contributed by atoms with Crippen molar-refractivity contribution in [2.24, 2.45) is 0 Å². The first-order chi connectivity index (χ1) is 28.7. The van der Waals surface area contributed by atoms with Crippen LogP contribution in [0.1, 0.15) is 33.3 Å². The Hall–Kier alpha value is -6.79. The Morgan fingerprint density at radius 2 is 1.31 bits per heavy atom. The van der Waals surface area contributed by atoms with Crippen molar-refractivity contribution in [2.75, 3.05) is 27.9 Å². The molecule has 2 heterocycles. The van der Waals surface area contributed by atoms with Crippen LogP contribution >= 0.6 is 0 Å². The highest BCUT2D eigenvalue weighted by molar-refractivity contribution is 6.26. The second kappa shape index (κ2) is 15.2. The molecule has 4 atom stereocenters. The molecule has 1 saturated heterocycles. The van der Waals surface area contributed by atoms with Crippen LogP contribution in [-0.2, 0) is 15.1 Å². The SMILES string of the molecule is COc1ccc(C(OCC2OC(n3ccc(=O)[nH]c3=O)C(N(C)C(=O)c3ccc4ccc5cccc6ccc3c4c56)C2O)(c2ccccc2)c2ccc(OC)cc2)cc1. The minimum absolute atomic E-state index is 0.181. The lowest BCUT2D eigenvalue weighted by Crippen LogP contribution is -2.49. The van der Waals surface area contributed by atoms with Crippen molar-refractivity contribution in [1.82, 2.24) is 14.5 Å². The predicted molar refractivity (Wildman–Crippen MR) is 226 cm³/mol. The Morgan fingerprint density at radius 1 is 0.729 bits per heavy atom. The number of carbonyl (C=O) groups is 1. The van der Waals surface area contributed by atoms with Gasteiger partial charge >= 0.3 is 5.69 Å². The second-order valence-corrected chi connectivity index (χ2v) is 14.8. The number of hydrogen-bond acceptors (Lipinski definition) is 8. The fourth-order valence-electron chi connectivity index (χ4n) is 8.67. The second-order valence-electron chi connectivity index (χ2n) is 14.8. The average molecular weight is 788 g/mol. The lowest BCUT2D eigenvalue weighted by atomic mass is 9.80. The first kappa shape index (κ1) is 37.8. The van der Waals surface area contributed by atoms with E-state index in [1.165, 1.54) is 21.7 Å². The van der Waals surface area contributed by atoms with E-state index in [2.05, 4.69) is 23.2 Å². The number of aromatic amines is 1. The van der Waals surface area contributed by atoms with Crippen LogP contribution in [0.3, 0.4) is 0 Å². The van der Waals surface area contributed by atoms with Crippen LogP contribution in [0.5, 0.6) is 11.5 Å². The molecule has 59 heavy (non-hydrogen) atoms. The molecule has 9 rings (SSSR count). The summed E-state index contributed by atoms with van der Waals surface area (Å²) >= 11 is 0. The molecule has 0 bridgehead atoms. The van der Waals surface area contributed by atoms with Crippen molar-refractivity contribution < 1.29 is 28.8 Å². The van der Waals surface area contributed by atoms with Crippen LogP contribution < -0.4 is 20.7 Å². The number of carbonyl (C=O) groups excluding carboxylic acids is 1. The van der Waals surface area contributed by atoms with Gasteiger partial charge in [-0.15, -0.1) is 0 Å². The smallest absolute Gasteiger partial charge is 0.330 e. The van der Waals surface area contributed by atoms with Crippen LogP contribution in [-0.4, -0.2) is 71.6 Å². The summed E-state index contributed by atoms with van der Waals surface area (Å²) < 4.78 is 25.9. The molecular weight excluding hydrogens is 747 g/mol. The third-order valence-corrected chi connectivity index (χ3v) is 11.6. The third kappa shape index (κ3) is 6.40. The number of hydrogen-bond donors (Lipinski definition) is 2. The largest absolute Gasteiger partial charge is 0.497 e. The summed E-state index contributed by atoms with van der Waals surface area (Å²) in [6.07, 6.45) is -2.30. The van der Waals surface area contributed by atoms with Crippen molar-refractivity contribution in [3.63, 3.8) is 0 Å². The standard InChI is InChI=1S/C48H41N3O8/c1-50(45(54)38-25-15-31-13-12-29-8-7-9-30-14-24-37(38)42(31)41(29)30)43-44(53)39(59-46(43)51-27-26-40(52)49-47(51)55)28-58-48(32-10-5-4-6-11-32,33-16-20-35(56-2)21-17-33)34-18-22-36(57-3)23-19-34/h4-27,39,43-44,46,53H,28H2,1-3H3,(H,49,52,55). The molecule has 1 aliphatic rings. The first-order valence-corrected chi connectivity index (χ1v) is 19.3. The molecular formula is C48H41N3O8. The Kier molecular flexibility index (Phi) is 9.72. The molecule has 11 nitrogen and oxygen atoms in total. The number of nitrogens with zero attached hydrogens (tertiary/aromatic N) is 2. The van der Waals surface area contributed by atoms with E-state index in [0.29, 0.717) is 17.1 Å². The molecule has 1 fully saturated rings. The van der Waals surface area contributed by atoms with E-state index in [4.69, 9.17) is 18.9 Å². The molecule has 11 heteroatoms. The molecule has 0 saturated carbocycles. The molecule has 1 amide bonds. The van der Waals surface area contributed by atoms with Gasteiger partial charge in [-0.1, -0.05) is 103 Å². The molecule has 0 radical (unpaired) electrons. The van der Waals surface area contributed by atoms with E-state index in [1.807, 2.05) is 109 Å².